The number of nitrogens with two attached hydrogens (primary N) is 1. The number of morpholine rings is 1. The molecular formula is C26H29Cl2F3N2O5S. The smallest absolute Gasteiger partial charge is 0.370 e. The zero-order chi connectivity index (χ0) is 29.3. The minimum absolute atomic E-state index is 0.294. The van der Waals surface area contributed by atoms with Gasteiger partial charge in [0.05, 0.1) is 35.4 Å². The van der Waals surface area contributed by atoms with Crippen LogP contribution in [0.3, 0.4) is 0 Å². The van der Waals surface area contributed by atoms with Gasteiger partial charge in [0.2, 0.25) is 5.91 Å². The first kappa shape index (κ1) is 31.2. The van der Waals surface area contributed by atoms with Gasteiger partial charge in [-0.2, -0.15) is 13.2 Å². The van der Waals surface area contributed by atoms with Gasteiger partial charge in [-0.1, -0.05) is 47.5 Å². The maximum absolute atomic E-state index is 13.9. The molecule has 0 aliphatic carbocycles. The molecule has 214 valence electrons. The van der Waals surface area contributed by atoms with E-state index in [9.17, 15) is 31.2 Å². The third-order valence-electron chi connectivity index (χ3n) is 6.41. The number of amides is 2. The van der Waals surface area contributed by atoms with Crippen molar-refractivity contribution in [3.63, 3.8) is 0 Å². The number of carbonyl (C=O) groups excluding carboxylic acids is 2. The molecule has 3 rings (SSSR count). The summed E-state index contributed by atoms with van der Waals surface area (Å²) in [6.07, 6.45) is -9.73. The van der Waals surface area contributed by atoms with Crippen LogP contribution in [0.15, 0.2) is 48.5 Å². The van der Waals surface area contributed by atoms with Gasteiger partial charge in [0, 0.05) is 10.0 Å². The lowest BCUT2D eigenvalue weighted by Gasteiger charge is -2.48. The zero-order valence-corrected chi connectivity index (χ0v) is 23.7. The maximum Gasteiger partial charge on any atom is 0.391 e. The van der Waals surface area contributed by atoms with E-state index in [-0.39, 0.29) is 0 Å². The molecule has 4 atom stereocenters. The minimum atomic E-state index is -4.83. The number of carbonyl (C=O) groups is 2. The third-order valence-corrected chi connectivity index (χ3v) is 9.58. The van der Waals surface area contributed by atoms with Gasteiger partial charge in [0.15, 0.2) is 9.84 Å². The largest absolute Gasteiger partial charge is 0.391 e. The van der Waals surface area contributed by atoms with Crippen LogP contribution in [0.2, 0.25) is 10.0 Å². The predicted octanol–water partition coefficient (Wildman–Crippen LogP) is 5.41. The highest BCUT2D eigenvalue weighted by Crippen LogP contribution is 2.46. The van der Waals surface area contributed by atoms with Crippen LogP contribution in [0.1, 0.15) is 56.9 Å². The van der Waals surface area contributed by atoms with Gasteiger partial charge >= 0.3 is 6.18 Å². The van der Waals surface area contributed by atoms with Gasteiger partial charge in [-0.15, -0.1) is 0 Å². The highest BCUT2D eigenvalue weighted by Gasteiger charge is 2.51. The Morgan fingerprint density at radius 3 is 2.18 bits per heavy atom. The van der Waals surface area contributed by atoms with Crippen molar-refractivity contribution in [2.75, 3.05) is 5.75 Å². The first-order chi connectivity index (χ1) is 17.9. The predicted molar refractivity (Wildman–Crippen MR) is 142 cm³/mol. The molecule has 2 aromatic rings. The number of primary amides is 1. The van der Waals surface area contributed by atoms with E-state index in [2.05, 4.69) is 0 Å². The summed E-state index contributed by atoms with van der Waals surface area (Å²) in [4.78, 5) is 26.5. The van der Waals surface area contributed by atoms with Gasteiger partial charge in [0.25, 0.3) is 5.91 Å². The van der Waals surface area contributed by atoms with Crippen molar-refractivity contribution in [1.82, 2.24) is 4.90 Å². The van der Waals surface area contributed by atoms with E-state index in [1.165, 1.54) is 51.1 Å². The minimum Gasteiger partial charge on any atom is -0.370 e. The number of hydrogen-bond donors (Lipinski definition) is 1. The molecule has 0 spiro atoms. The quantitative estimate of drug-likeness (QED) is 0.431. The summed E-state index contributed by atoms with van der Waals surface area (Å²) in [5.41, 5.74) is 6.08. The van der Waals surface area contributed by atoms with Crippen LogP contribution < -0.4 is 5.73 Å². The Morgan fingerprint density at radius 1 is 1.05 bits per heavy atom. The summed E-state index contributed by atoms with van der Waals surface area (Å²) in [6.45, 7) is 4.11. The first-order valence-electron chi connectivity index (χ1n) is 12.0. The summed E-state index contributed by atoms with van der Waals surface area (Å²) >= 11 is 12.2. The molecule has 0 bridgehead atoms. The Bertz CT molecular complexity index is 1310. The highest BCUT2D eigenvalue weighted by atomic mass is 35.5. The maximum atomic E-state index is 13.9. The topological polar surface area (TPSA) is 107 Å². The van der Waals surface area contributed by atoms with E-state index >= 15 is 0 Å². The van der Waals surface area contributed by atoms with Crippen LogP contribution in [0.4, 0.5) is 13.2 Å². The number of hydrogen-bond acceptors (Lipinski definition) is 5. The first-order valence-corrected chi connectivity index (χ1v) is 14.4. The SMILES string of the molecule is CC(C)(C)S(=O)(=O)C[C@H](CC(F)(F)F)N1C(=O)[C@H](CC(N)=O)O[C@H](c2cccc(Cl)c2)[C@H]1c1ccc(Cl)cc1. The van der Waals surface area contributed by atoms with Gasteiger partial charge < -0.3 is 15.4 Å². The molecule has 1 saturated heterocycles. The van der Waals surface area contributed by atoms with E-state index < -0.39 is 75.5 Å². The fourth-order valence-electron chi connectivity index (χ4n) is 4.43. The van der Waals surface area contributed by atoms with Gasteiger partial charge in [-0.25, -0.2) is 8.42 Å². The lowest BCUT2D eigenvalue weighted by molar-refractivity contribution is -0.190. The molecule has 2 aromatic carbocycles. The van der Waals surface area contributed by atoms with Gasteiger partial charge in [-0.05, 0) is 56.2 Å². The summed E-state index contributed by atoms with van der Waals surface area (Å²) in [7, 11) is -4.15. The number of halogens is 5. The van der Waals surface area contributed by atoms with Crippen LogP contribution in [-0.2, 0) is 24.2 Å². The van der Waals surface area contributed by atoms with Crippen LogP contribution >= 0.6 is 23.2 Å². The Balaban J connectivity index is 2.29. The van der Waals surface area contributed by atoms with Crippen molar-refractivity contribution in [1.29, 1.82) is 0 Å². The molecule has 1 heterocycles. The van der Waals surface area contributed by atoms with E-state index in [0.29, 0.717) is 21.2 Å². The number of alkyl halides is 3. The molecule has 7 nitrogen and oxygen atoms in total. The monoisotopic (exact) mass is 608 g/mol. The van der Waals surface area contributed by atoms with Gasteiger partial charge in [-0.3, -0.25) is 9.59 Å². The number of benzene rings is 2. The summed E-state index contributed by atoms with van der Waals surface area (Å²) in [5, 5.41) is 0.629. The number of rotatable bonds is 8. The van der Waals surface area contributed by atoms with E-state index in [0.717, 1.165) is 4.90 Å². The van der Waals surface area contributed by atoms with Crippen molar-refractivity contribution in [2.24, 2.45) is 5.73 Å². The fourth-order valence-corrected chi connectivity index (χ4v) is 6.04. The zero-order valence-electron chi connectivity index (χ0n) is 21.4. The molecule has 0 unspecified atom stereocenters. The summed E-state index contributed by atoms with van der Waals surface area (Å²) < 4.78 is 72.9. The number of nitrogens with zero attached hydrogens (tertiary/aromatic N) is 1. The van der Waals surface area contributed by atoms with Crippen LogP contribution in [0, 0.1) is 0 Å². The summed E-state index contributed by atoms with van der Waals surface area (Å²) in [6, 6.07) is 9.27. The highest BCUT2D eigenvalue weighted by molar-refractivity contribution is 7.92. The molecule has 0 radical (unpaired) electrons. The number of sulfone groups is 1. The Morgan fingerprint density at radius 2 is 1.67 bits per heavy atom. The van der Waals surface area contributed by atoms with Crippen LogP contribution in [0.5, 0.6) is 0 Å². The molecular weight excluding hydrogens is 580 g/mol. The lowest BCUT2D eigenvalue weighted by atomic mass is 9.89. The second kappa shape index (κ2) is 11.6. The van der Waals surface area contributed by atoms with Crippen LogP contribution in [-0.4, -0.2) is 54.0 Å². The molecule has 1 fully saturated rings. The Labute approximate surface area is 235 Å². The normalized spacial score (nSPS) is 21.6. The molecule has 1 aliphatic heterocycles. The average molecular weight is 609 g/mol. The molecule has 1 aliphatic rings. The van der Waals surface area contributed by atoms with Gasteiger partial charge in [0.1, 0.15) is 12.2 Å². The Hall–Kier alpha value is -2.34. The van der Waals surface area contributed by atoms with E-state index in [1.54, 1.807) is 18.2 Å². The molecule has 2 amide bonds. The second-order valence-electron chi connectivity index (χ2n) is 10.4. The molecule has 0 aromatic heterocycles. The standard InChI is InChI=1S/C26H29Cl2F3N2O5S/c1-25(2,3)39(36,37)14-19(13-26(29,30)31)33-22(15-7-9-17(27)10-8-15)23(16-5-4-6-18(28)11-16)38-20(24(33)35)12-21(32)34/h4-11,19-20,22-23H,12-14H2,1-3H3,(H2,32,34)/t19-,20-,22+,23+/m0/s1. The molecule has 13 heteroatoms. The van der Waals surface area contributed by atoms with Crippen molar-refractivity contribution in [2.45, 2.75) is 68.8 Å². The van der Waals surface area contributed by atoms with E-state index in [1.807, 2.05) is 0 Å². The van der Waals surface area contributed by atoms with Crippen LogP contribution in [0.25, 0.3) is 0 Å². The van der Waals surface area contributed by atoms with Crippen molar-refractivity contribution in [3.8, 4) is 0 Å². The molecule has 39 heavy (non-hydrogen) atoms. The lowest BCUT2D eigenvalue weighted by Crippen LogP contribution is -2.58. The fraction of sp³-hybridized carbons (Fsp3) is 0.462. The second-order valence-corrected chi connectivity index (χ2v) is 14.0. The van der Waals surface area contributed by atoms with E-state index in [4.69, 9.17) is 33.7 Å². The Kier molecular flexibility index (Phi) is 9.31. The third kappa shape index (κ3) is 7.65. The average Bonchev–Trinajstić information content (AvgIpc) is 2.78. The molecule has 2 N–H and O–H groups in total. The molecule has 0 saturated carbocycles. The summed E-state index contributed by atoms with van der Waals surface area (Å²) in [5.74, 6) is -2.87. The van der Waals surface area contributed by atoms with Crippen molar-refractivity contribution in [3.05, 3.63) is 69.7 Å². The number of ether oxygens (including phenoxy) is 1. The van der Waals surface area contributed by atoms with Crippen molar-refractivity contribution >= 4 is 44.9 Å². The van der Waals surface area contributed by atoms with Crippen molar-refractivity contribution < 1.29 is 35.9 Å².